The Bertz CT molecular complexity index is 720. The maximum atomic E-state index is 12.3. The van der Waals surface area contributed by atoms with Crippen molar-refractivity contribution < 1.29 is 8.42 Å². The molecular formula is C13H12Br2N2O2S. The highest BCUT2D eigenvalue weighted by molar-refractivity contribution is 9.11. The first-order valence-corrected chi connectivity index (χ1v) is 8.70. The van der Waals surface area contributed by atoms with Gasteiger partial charge in [0.15, 0.2) is 0 Å². The van der Waals surface area contributed by atoms with Crippen LogP contribution in [0.25, 0.3) is 0 Å². The number of nitrogens with two attached hydrogens (primary N) is 1. The molecule has 0 aliphatic carbocycles. The van der Waals surface area contributed by atoms with Crippen LogP contribution in [0.5, 0.6) is 0 Å². The van der Waals surface area contributed by atoms with Gasteiger partial charge < -0.3 is 5.73 Å². The lowest BCUT2D eigenvalue weighted by molar-refractivity contribution is 0.601. The minimum atomic E-state index is -3.66. The van der Waals surface area contributed by atoms with Crippen molar-refractivity contribution in [3.8, 4) is 0 Å². The highest BCUT2D eigenvalue weighted by Crippen LogP contribution is 2.34. The first-order valence-electron chi connectivity index (χ1n) is 5.63. The molecule has 0 fully saturated rings. The number of hydrogen-bond acceptors (Lipinski definition) is 3. The van der Waals surface area contributed by atoms with Crippen LogP contribution in [0.4, 0.5) is 11.4 Å². The van der Waals surface area contributed by atoms with Crippen LogP contribution in [0.1, 0.15) is 5.56 Å². The lowest BCUT2D eigenvalue weighted by Gasteiger charge is -2.13. The molecule has 2 aromatic rings. The number of nitrogen functional groups attached to an aromatic ring is 1. The summed E-state index contributed by atoms with van der Waals surface area (Å²) in [5.74, 6) is 0. The van der Waals surface area contributed by atoms with E-state index >= 15 is 0 Å². The summed E-state index contributed by atoms with van der Waals surface area (Å²) in [5.41, 5.74) is 7.50. The summed E-state index contributed by atoms with van der Waals surface area (Å²) < 4.78 is 28.4. The van der Waals surface area contributed by atoms with E-state index in [-0.39, 0.29) is 4.90 Å². The van der Waals surface area contributed by atoms with Gasteiger partial charge in [-0.1, -0.05) is 33.6 Å². The smallest absolute Gasteiger partial charge is 0.261 e. The molecule has 0 amide bonds. The zero-order valence-electron chi connectivity index (χ0n) is 10.5. The highest BCUT2D eigenvalue weighted by atomic mass is 79.9. The zero-order valence-corrected chi connectivity index (χ0v) is 14.5. The Labute approximate surface area is 134 Å². The van der Waals surface area contributed by atoms with Crippen molar-refractivity contribution in [1.82, 2.24) is 0 Å². The van der Waals surface area contributed by atoms with E-state index < -0.39 is 10.0 Å². The molecule has 0 aliphatic rings. The van der Waals surface area contributed by atoms with Gasteiger partial charge in [0.2, 0.25) is 0 Å². The Morgan fingerprint density at radius 3 is 2.25 bits per heavy atom. The average molecular weight is 420 g/mol. The summed E-state index contributed by atoms with van der Waals surface area (Å²) in [6.07, 6.45) is 0. The molecule has 0 radical (unpaired) electrons. The molecule has 0 heterocycles. The molecule has 3 N–H and O–H groups in total. The van der Waals surface area contributed by atoms with Crippen molar-refractivity contribution in [2.24, 2.45) is 0 Å². The van der Waals surface area contributed by atoms with Crippen molar-refractivity contribution in [2.45, 2.75) is 11.8 Å². The van der Waals surface area contributed by atoms with Gasteiger partial charge in [0.25, 0.3) is 10.0 Å². The van der Waals surface area contributed by atoms with Crippen LogP contribution in [0.2, 0.25) is 0 Å². The molecule has 0 aromatic heterocycles. The van der Waals surface area contributed by atoms with E-state index in [9.17, 15) is 8.42 Å². The fourth-order valence-electron chi connectivity index (χ4n) is 1.61. The fraction of sp³-hybridized carbons (Fsp3) is 0.0769. The molecule has 0 spiro atoms. The van der Waals surface area contributed by atoms with Crippen LogP contribution in [0.15, 0.2) is 50.2 Å². The number of benzene rings is 2. The Morgan fingerprint density at radius 1 is 1.10 bits per heavy atom. The summed E-state index contributed by atoms with van der Waals surface area (Å²) >= 11 is 6.59. The summed E-state index contributed by atoms with van der Waals surface area (Å²) in [6, 6.07) is 9.96. The second-order valence-electron chi connectivity index (χ2n) is 4.27. The van der Waals surface area contributed by atoms with E-state index in [4.69, 9.17) is 5.73 Å². The standard InChI is InChI=1S/C13H12Br2N2O2S/c1-8-2-4-10(5-3-8)20(18,19)17-13-11(15)6-9(14)7-12(13)16/h2-7,17H,16H2,1H3. The molecule has 2 rings (SSSR count). The molecule has 20 heavy (non-hydrogen) atoms. The third-order valence-corrected chi connectivity index (χ3v) is 5.10. The third-order valence-electron chi connectivity index (χ3n) is 2.65. The first kappa shape index (κ1) is 15.3. The van der Waals surface area contributed by atoms with E-state index in [1.165, 1.54) is 0 Å². The van der Waals surface area contributed by atoms with Crippen LogP contribution in [-0.2, 0) is 10.0 Å². The van der Waals surface area contributed by atoms with Crippen LogP contribution in [-0.4, -0.2) is 8.42 Å². The maximum absolute atomic E-state index is 12.3. The fourth-order valence-corrected chi connectivity index (χ4v) is 4.21. The van der Waals surface area contributed by atoms with Crippen LogP contribution < -0.4 is 10.5 Å². The third kappa shape index (κ3) is 3.34. The quantitative estimate of drug-likeness (QED) is 0.741. The number of aryl methyl sites for hydroxylation is 1. The second kappa shape index (κ2) is 5.75. The van der Waals surface area contributed by atoms with Gasteiger partial charge in [0, 0.05) is 8.95 Å². The molecule has 0 aliphatic heterocycles. The number of sulfonamides is 1. The van der Waals surface area contributed by atoms with Gasteiger partial charge in [-0.3, -0.25) is 4.72 Å². The summed E-state index contributed by atoms with van der Waals surface area (Å²) in [5, 5.41) is 0. The van der Waals surface area contributed by atoms with Gasteiger partial charge in [-0.2, -0.15) is 0 Å². The van der Waals surface area contributed by atoms with E-state index in [0.29, 0.717) is 15.8 Å². The van der Waals surface area contributed by atoms with Crippen LogP contribution in [0, 0.1) is 6.92 Å². The van der Waals surface area contributed by atoms with Gasteiger partial charge in [-0.15, -0.1) is 0 Å². The van der Waals surface area contributed by atoms with Crippen molar-refractivity contribution >= 4 is 53.3 Å². The predicted octanol–water partition coefficient (Wildman–Crippen LogP) is 3.90. The molecule has 7 heteroatoms. The van der Waals surface area contributed by atoms with Crippen molar-refractivity contribution in [3.63, 3.8) is 0 Å². The monoisotopic (exact) mass is 418 g/mol. The number of anilines is 2. The largest absolute Gasteiger partial charge is 0.397 e. The predicted molar refractivity (Wildman–Crippen MR) is 88.2 cm³/mol. The molecule has 0 saturated heterocycles. The molecule has 0 saturated carbocycles. The van der Waals surface area contributed by atoms with E-state index in [0.717, 1.165) is 10.0 Å². The van der Waals surface area contributed by atoms with Crippen molar-refractivity contribution in [1.29, 1.82) is 0 Å². The van der Waals surface area contributed by atoms with Gasteiger partial charge in [-0.25, -0.2) is 8.42 Å². The minimum absolute atomic E-state index is 0.192. The Hall–Kier alpha value is -1.05. The maximum Gasteiger partial charge on any atom is 0.261 e. The van der Waals surface area contributed by atoms with E-state index in [1.54, 1.807) is 36.4 Å². The Balaban J connectivity index is 2.41. The Kier molecular flexibility index (Phi) is 4.41. The molecule has 0 unspecified atom stereocenters. The first-order chi connectivity index (χ1) is 9.29. The molecular weight excluding hydrogens is 408 g/mol. The second-order valence-corrected chi connectivity index (χ2v) is 7.72. The number of hydrogen-bond donors (Lipinski definition) is 2. The molecule has 0 bridgehead atoms. The SMILES string of the molecule is Cc1ccc(S(=O)(=O)Nc2c(N)cc(Br)cc2Br)cc1. The van der Waals surface area contributed by atoms with Gasteiger partial charge in [0.1, 0.15) is 0 Å². The normalized spacial score (nSPS) is 11.3. The number of nitrogens with one attached hydrogen (secondary N) is 1. The van der Waals surface area contributed by atoms with E-state index in [2.05, 4.69) is 36.6 Å². The molecule has 0 atom stereocenters. The lowest BCUT2D eigenvalue weighted by Crippen LogP contribution is -2.14. The highest BCUT2D eigenvalue weighted by Gasteiger charge is 2.17. The summed E-state index contributed by atoms with van der Waals surface area (Å²) in [6.45, 7) is 1.90. The van der Waals surface area contributed by atoms with Gasteiger partial charge >= 0.3 is 0 Å². The van der Waals surface area contributed by atoms with Crippen LogP contribution in [0.3, 0.4) is 0 Å². The Morgan fingerprint density at radius 2 is 1.70 bits per heavy atom. The molecule has 106 valence electrons. The van der Waals surface area contributed by atoms with Crippen molar-refractivity contribution in [2.75, 3.05) is 10.5 Å². The van der Waals surface area contributed by atoms with Crippen molar-refractivity contribution in [3.05, 3.63) is 50.9 Å². The van der Waals surface area contributed by atoms with Gasteiger partial charge in [-0.05, 0) is 47.1 Å². The lowest BCUT2D eigenvalue weighted by atomic mass is 10.2. The minimum Gasteiger partial charge on any atom is -0.397 e. The van der Waals surface area contributed by atoms with E-state index in [1.807, 2.05) is 6.92 Å². The molecule has 2 aromatic carbocycles. The number of rotatable bonds is 3. The zero-order chi connectivity index (χ0) is 14.9. The van der Waals surface area contributed by atoms with Crippen LogP contribution >= 0.6 is 31.9 Å². The summed E-state index contributed by atoms with van der Waals surface area (Å²) in [4.78, 5) is 0.192. The van der Waals surface area contributed by atoms with Gasteiger partial charge in [0.05, 0.1) is 16.3 Å². The average Bonchev–Trinajstić information content (AvgIpc) is 2.34. The topological polar surface area (TPSA) is 72.2 Å². The summed E-state index contributed by atoms with van der Waals surface area (Å²) in [7, 11) is -3.66. The molecule has 4 nitrogen and oxygen atoms in total. The number of halogens is 2.